The molecule has 0 radical (unpaired) electrons. The van der Waals surface area contributed by atoms with Crippen molar-refractivity contribution < 1.29 is 23.8 Å². The van der Waals surface area contributed by atoms with Crippen LogP contribution in [0, 0.1) is 11.2 Å². The SMILES string of the molecule is CC1(C(=O)O)CCN(C(=O)COc2ccc(F)cc2)C1. The van der Waals surface area contributed by atoms with Crippen molar-refractivity contribution in [2.24, 2.45) is 5.41 Å². The lowest BCUT2D eigenvalue weighted by Gasteiger charge is -2.20. The van der Waals surface area contributed by atoms with Crippen LogP contribution in [0.25, 0.3) is 0 Å². The first-order chi connectivity index (χ1) is 9.40. The zero-order valence-electron chi connectivity index (χ0n) is 11.1. The molecule has 0 spiro atoms. The largest absolute Gasteiger partial charge is 0.484 e. The number of carboxylic acids is 1. The smallest absolute Gasteiger partial charge is 0.311 e. The maximum Gasteiger partial charge on any atom is 0.311 e. The first-order valence-corrected chi connectivity index (χ1v) is 6.30. The monoisotopic (exact) mass is 281 g/mol. The van der Waals surface area contributed by atoms with E-state index in [1.807, 2.05) is 0 Å². The second-order valence-corrected chi connectivity index (χ2v) is 5.17. The molecule has 6 heteroatoms. The predicted octanol–water partition coefficient (Wildman–Crippen LogP) is 1.53. The van der Waals surface area contributed by atoms with Gasteiger partial charge in [0.05, 0.1) is 5.41 Å². The maximum absolute atomic E-state index is 12.7. The molecule has 20 heavy (non-hydrogen) atoms. The first kappa shape index (κ1) is 14.3. The molecule has 1 aromatic rings. The average molecular weight is 281 g/mol. The number of halogens is 1. The van der Waals surface area contributed by atoms with Crippen LogP contribution in [0.1, 0.15) is 13.3 Å². The summed E-state index contributed by atoms with van der Waals surface area (Å²) in [4.78, 5) is 24.5. The van der Waals surface area contributed by atoms with E-state index in [2.05, 4.69) is 0 Å². The molecule has 0 saturated carbocycles. The number of benzene rings is 1. The van der Waals surface area contributed by atoms with E-state index in [9.17, 15) is 14.0 Å². The van der Waals surface area contributed by atoms with Gasteiger partial charge in [0.1, 0.15) is 11.6 Å². The van der Waals surface area contributed by atoms with Crippen molar-refractivity contribution in [1.29, 1.82) is 0 Å². The van der Waals surface area contributed by atoms with Crippen molar-refractivity contribution in [3.05, 3.63) is 30.1 Å². The van der Waals surface area contributed by atoms with Crippen LogP contribution in [-0.4, -0.2) is 41.6 Å². The second-order valence-electron chi connectivity index (χ2n) is 5.17. The first-order valence-electron chi connectivity index (χ1n) is 6.30. The van der Waals surface area contributed by atoms with Gasteiger partial charge >= 0.3 is 5.97 Å². The number of hydrogen-bond acceptors (Lipinski definition) is 3. The number of aliphatic carboxylic acids is 1. The van der Waals surface area contributed by atoms with E-state index < -0.39 is 11.4 Å². The van der Waals surface area contributed by atoms with E-state index in [0.717, 1.165) is 0 Å². The van der Waals surface area contributed by atoms with Crippen molar-refractivity contribution in [2.45, 2.75) is 13.3 Å². The summed E-state index contributed by atoms with van der Waals surface area (Å²) in [5, 5.41) is 9.10. The Balaban J connectivity index is 1.87. The van der Waals surface area contributed by atoms with Crippen LogP contribution in [0.2, 0.25) is 0 Å². The summed E-state index contributed by atoms with van der Waals surface area (Å²) in [6.07, 6.45) is 0.435. The molecule has 1 aliphatic heterocycles. The molecular weight excluding hydrogens is 265 g/mol. The molecule has 0 aliphatic carbocycles. The Morgan fingerprint density at radius 1 is 1.40 bits per heavy atom. The molecule has 1 fully saturated rings. The number of rotatable bonds is 4. The summed E-state index contributed by atoms with van der Waals surface area (Å²) in [5.41, 5.74) is -0.883. The van der Waals surface area contributed by atoms with Gasteiger partial charge < -0.3 is 14.7 Å². The van der Waals surface area contributed by atoms with E-state index in [-0.39, 0.29) is 24.9 Å². The fourth-order valence-electron chi connectivity index (χ4n) is 2.12. The molecule has 1 aliphatic rings. The lowest BCUT2D eigenvalue weighted by molar-refractivity contribution is -0.147. The van der Waals surface area contributed by atoms with Crippen molar-refractivity contribution >= 4 is 11.9 Å². The highest BCUT2D eigenvalue weighted by atomic mass is 19.1. The number of carboxylic acid groups (broad SMARTS) is 1. The Morgan fingerprint density at radius 2 is 2.05 bits per heavy atom. The summed E-state index contributed by atoms with van der Waals surface area (Å²) in [6, 6.07) is 5.37. The summed E-state index contributed by atoms with van der Waals surface area (Å²) in [6.45, 7) is 2.05. The number of amides is 1. The van der Waals surface area contributed by atoms with Crippen molar-refractivity contribution in [3.63, 3.8) is 0 Å². The molecule has 108 valence electrons. The number of carbonyl (C=O) groups excluding carboxylic acids is 1. The Morgan fingerprint density at radius 3 is 2.60 bits per heavy atom. The zero-order chi connectivity index (χ0) is 14.8. The third-order valence-electron chi connectivity index (χ3n) is 3.52. The van der Waals surface area contributed by atoms with Gasteiger partial charge in [-0.1, -0.05) is 0 Å². The molecule has 1 heterocycles. The highest BCUT2D eigenvalue weighted by molar-refractivity contribution is 5.81. The van der Waals surface area contributed by atoms with Crippen LogP contribution in [0.4, 0.5) is 4.39 Å². The molecule has 1 saturated heterocycles. The van der Waals surface area contributed by atoms with E-state index >= 15 is 0 Å². The van der Waals surface area contributed by atoms with Crippen molar-refractivity contribution in [2.75, 3.05) is 19.7 Å². The van der Waals surface area contributed by atoms with Gasteiger partial charge in [0.2, 0.25) is 0 Å². The highest BCUT2D eigenvalue weighted by Gasteiger charge is 2.42. The van der Waals surface area contributed by atoms with Gasteiger partial charge in [0.15, 0.2) is 6.61 Å². The molecular formula is C14H16FNO4. The number of hydrogen-bond donors (Lipinski definition) is 1. The van der Waals surface area contributed by atoms with Crippen LogP contribution in [-0.2, 0) is 9.59 Å². The Hall–Kier alpha value is -2.11. The third kappa shape index (κ3) is 3.07. The number of carbonyl (C=O) groups is 2. The van der Waals surface area contributed by atoms with Gasteiger partial charge in [0, 0.05) is 13.1 Å². The molecule has 2 rings (SSSR count). The van der Waals surface area contributed by atoms with E-state index in [0.29, 0.717) is 18.7 Å². The lowest BCUT2D eigenvalue weighted by Crippen LogP contribution is -2.37. The standard InChI is InChI=1S/C14H16FNO4/c1-14(13(18)19)6-7-16(9-14)12(17)8-20-11-4-2-10(15)3-5-11/h2-5H,6-9H2,1H3,(H,18,19). The molecule has 0 bridgehead atoms. The average Bonchev–Trinajstić information content (AvgIpc) is 2.82. The normalized spacial score (nSPS) is 21.8. The van der Waals surface area contributed by atoms with Gasteiger partial charge in [-0.25, -0.2) is 4.39 Å². The Bertz CT molecular complexity index is 516. The minimum absolute atomic E-state index is 0.179. The summed E-state index contributed by atoms with van der Waals surface area (Å²) in [7, 11) is 0. The minimum atomic E-state index is -0.896. The molecule has 0 aromatic heterocycles. The summed E-state index contributed by atoms with van der Waals surface area (Å²) < 4.78 is 18.0. The quantitative estimate of drug-likeness (QED) is 0.908. The van der Waals surface area contributed by atoms with Gasteiger partial charge in [0.25, 0.3) is 5.91 Å². The van der Waals surface area contributed by atoms with Crippen LogP contribution in [0.3, 0.4) is 0 Å². The molecule has 1 unspecified atom stereocenters. The minimum Gasteiger partial charge on any atom is -0.484 e. The maximum atomic E-state index is 12.7. The Kier molecular flexibility index (Phi) is 3.92. The van der Waals surface area contributed by atoms with Gasteiger partial charge in [-0.15, -0.1) is 0 Å². The van der Waals surface area contributed by atoms with Crippen LogP contribution >= 0.6 is 0 Å². The van der Waals surface area contributed by atoms with Gasteiger partial charge in [-0.3, -0.25) is 9.59 Å². The van der Waals surface area contributed by atoms with Crippen LogP contribution < -0.4 is 4.74 Å². The van der Waals surface area contributed by atoms with Gasteiger partial charge in [-0.05, 0) is 37.6 Å². The second kappa shape index (κ2) is 5.48. The fraction of sp³-hybridized carbons (Fsp3) is 0.429. The topological polar surface area (TPSA) is 66.8 Å². The van der Waals surface area contributed by atoms with E-state index in [1.54, 1.807) is 6.92 Å². The molecule has 1 atom stereocenters. The number of nitrogens with zero attached hydrogens (tertiary/aromatic N) is 1. The zero-order valence-corrected chi connectivity index (χ0v) is 11.1. The highest BCUT2D eigenvalue weighted by Crippen LogP contribution is 2.30. The summed E-state index contributed by atoms with van der Waals surface area (Å²) in [5.74, 6) is -1.13. The third-order valence-corrected chi connectivity index (χ3v) is 3.52. The molecule has 1 aromatic carbocycles. The van der Waals surface area contributed by atoms with Crippen LogP contribution in [0.5, 0.6) is 5.75 Å². The van der Waals surface area contributed by atoms with Crippen molar-refractivity contribution in [3.8, 4) is 5.75 Å². The summed E-state index contributed by atoms with van der Waals surface area (Å²) >= 11 is 0. The van der Waals surface area contributed by atoms with E-state index in [4.69, 9.17) is 9.84 Å². The molecule has 1 amide bonds. The van der Waals surface area contributed by atoms with E-state index in [1.165, 1.54) is 29.2 Å². The molecule has 1 N–H and O–H groups in total. The van der Waals surface area contributed by atoms with Crippen LogP contribution in [0.15, 0.2) is 24.3 Å². The fourth-order valence-corrected chi connectivity index (χ4v) is 2.12. The Labute approximate surface area is 116 Å². The molecule has 5 nitrogen and oxygen atoms in total. The lowest BCUT2D eigenvalue weighted by atomic mass is 9.90. The predicted molar refractivity (Wildman–Crippen MR) is 68.8 cm³/mol. The number of likely N-dealkylation sites (tertiary alicyclic amines) is 1. The van der Waals surface area contributed by atoms with Gasteiger partial charge in [-0.2, -0.15) is 0 Å². The van der Waals surface area contributed by atoms with Crippen molar-refractivity contribution in [1.82, 2.24) is 4.90 Å². The number of ether oxygens (including phenoxy) is 1.